The molecule has 1 fully saturated rings. The Labute approximate surface area is 125 Å². The molecule has 1 aliphatic rings. The number of ether oxygens (including phenoxy) is 1. The molecule has 1 heterocycles. The summed E-state index contributed by atoms with van der Waals surface area (Å²) in [6.07, 6.45) is 4.14. The molecule has 0 atom stereocenters. The van der Waals surface area contributed by atoms with Crippen LogP contribution in [0.1, 0.15) is 56.6 Å². The SMILES string of the molecule is COC1(c2nc(C)c(CCO)c(=O)[nH]2)CCC(C)(C)CC1. The van der Waals surface area contributed by atoms with Gasteiger partial charge < -0.3 is 14.8 Å². The second-order valence-electron chi connectivity index (χ2n) is 6.81. The normalized spacial score (nSPS) is 20.4. The zero-order valence-corrected chi connectivity index (χ0v) is 13.5. The number of aliphatic hydroxyl groups is 1. The summed E-state index contributed by atoms with van der Waals surface area (Å²) in [4.78, 5) is 19.7. The number of methoxy groups -OCH3 is 1. The molecule has 0 aromatic carbocycles. The van der Waals surface area contributed by atoms with Crippen molar-refractivity contribution in [2.45, 2.75) is 58.5 Å². The molecule has 118 valence electrons. The van der Waals surface area contributed by atoms with Gasteiger partial charge in [-0.1, -0.05) is 13.8 Å². The number of H-pyrrole nitrogens is 1. The lowest BCUT2D eigenvalue weighted by Crippen LogP contribution is -2.39. The number of aromatic nitrogens is 2. The summed E-state index contributed by atoms with van der Waals surface area (Å²) in [5.74, 6) is 0.629. The molecule has 1 aromatic heterocycles. The summed E-state index contributed by atoms with van der Waals surface area (Å²) < 4.78 is 5.79. The van der Waals surface area contributed by atoms with E-state index in [1.807, 2.05) is 6.92 Å². The van der Waals surface area contributed by atoms with Crippen molar-refractivity contribution < 1.29 is 9.84 Å². The fourth-order valence-corrected chi connectivity index (χ4v) is 3.10. The van der Waals surface area contributed by atoms with Crippen LogP contribution >= 0.6 is 0 Å². The van der Waals surface area contributed by atoms with Crippen molar-refractivity contribution in [1.29, 1.82) is 0 Å². The van der Waals surface area contributed by atoms with E-state index in [2.05, 4.69) is 23.8 Å². The minimum absolute atomic E-state index is 0.0471. The number of rotatable bonds is 4. The fraction of sp³-hybridized carbons (Fsp3) is 0.750. The molecule has 2 N–H and O–H groups in total. The van der Waals surface area contributed by atoms with Crippen molar-refractivity contribution in [3.05, 3.63) is 27.4 Å². The largest absolute Gasteiger partial charge is 0.396 e. The summed E-state index contributed by atoms with van der Waals surface area (Å²) in [6.45, 7) is 6.30. The molecule has 0 unspecified atom stereocenters. The molecule has 1 saturated carbocycles. The first-order chi connectivity index (χ1) is 9.83. The van der Waals surface area contributed by atoms with Crippen molar-refractivity contribution in [3.63, 3.8) is 0 Å². The highest BCUT2D eigenvalue weighted by atomic mass is 16.5. The van der Waals surface area contributed by atoms with Gasteiger partial charge >= 0.3 is 0 Å². The van der Waals surface area contributed by atoms with Crippen LogP contribution in [0.4, 0.5) is 0 Å². The monoisotopic (exact) mass is 294 g/mol. The van der Waals surface area contributed by atoms with Crippen LogP contribution in [0, 0.1) is 12.3 Å². The molecule has 2 rings (SSSR count). The first-order valence-corrected chi connectivity index (χ1v) is 7.60. The van der Waals surface area contributed by atoms with Gasteiger partial charge in [0.05, 0.1) is 0 Å². The highest BCUT2D eigenvalue weighted by molar-refractivity contribution is 5.19. The number of nitrogens with one attached hydrogen (secondary N) is 1. The van der Waals surface area contributed by atoms with Gasteiger partial charge in [-0.2, -0.15) is 0 Å². The Morgan fingerprint density at radius 1 is 1.29 bits per heavy atom. The van der Waals surface area contributed by atoms with Gasteiger partial charge in [-0.25, -0.2) is 4.98 Å². The Kier molecular flexibility index (Phi) is 4.54. The maximum absolute atomic E-state index is 12.2. The van der Waals surface area contributed by atoms with Crippen molar-refractivity contribution in [1.82, 2.24) is 9.97 Å². The highest BCUT2D eigenvalue weighted by Crippen LogP contribution is 2.45. The van der Waals surface area contributed by atoms with Crippen molar-refractivity contribution in [2.75, 3.05) is 13.7 Å². The van der Waals surface area contributed by atoms with E-state index >= 15 is 0 Å². The summed E-state index contributed by atoms with van der Waals surface area (Å²) in [5.41, 5.74) is 0.909. The number of aliphatic hydroxyl groups excluding tert-OH is 1. The quantitative estimate of drug-likeness (QED) is 0.891. The molecule has 1 aliphatic carbocycles. The molecule has 0 aliphatic heterocycles. The fourth-order valence-electron chi connectivity index (χ4n) is 3.10. The molecule has 0 bridgehead atoms. The smallest absolute Gasteiger partial charge is 0.254 e. The first kappa shape index (κ1) is 16.2. The molecular weight excluding hydrogens is 268 g/mol. The second kappa shape index (κ2) is 5.89. The summed E-state index contributed by atoms with van der Waals surface area (Å²) in [7, 11) is 1.69. The molecule has 0 spiro atoms. The molecule has 0 radical (unpaired) electrons. The number of aromatic amines is 1. The average Bonchev–Trinajstić information content (AvgIpc) is 2.43. The maximum atomic E-state index is 12.2. The predicted octanol–water partition coefficient (Wildman–Crippen LogP) is 2.06. The van der Waals surface area contributed by atoms with E-state index in [0.29, 0.717) is 28.9 Å². The number of aryl methyl sites for hydroxylation is 1. The summed E-state index contributed by atoms with van der Waals surface area (Å²) in [6, 6.07) is 0. The number of hydrogen-bond acceptors (Lipinski definition) is 4. The maximum Gasteiger partial charge on any atom is 0.254 e. The number of hydrogen-bond donors (Lipinski definition) is 2. The van der Waals surface area contributed by atoms with Gasteiger partial charge in [-0.05, 0) is 38.0 Å². The van der Waals surface area contributed by atoms with Crippen molar-refractivity contribution >= 4 is 0 Å². The van der Waals surface area contributed by atoms with E-state index in [1.54, 1.807) is 7.11 Å². The second-order valence-corrected chi connectivity index (χ2v) is 6.81. The minimum atomic E-state index is -0.489. The molecular formula is C16H26N2O3. The van der Waals surface area contributed by atoms with E-state index in [4.69, 9.17) is 9.84 Å². The highest BCUT2D eigenvalue weighted by Gasteiger charge is 2.42. The van der Waals surface area contributed by atoms with Gasteiger partial charge in [0.1, 0.15) is 11.4 Å². The van der Waals surface area contributed by atoms with Crippen LogP contribution in [0.15, 0.2) is 4.79 Å². The van der Waals surface area contributed by atoms with Gasteiger partial charge in [0.2, 0.25) is 0 Å². The van der Waals surface area contributed by atoms with Crippen LogP contribution in [0.3, 0.4) is 0 Å². The molecule has 21 heavy (non-hydrogen) atoms. The Morgan fingerprint density at radius 3 is 2.38 bits per heavy atom. The number of nitrogens with zero attached hydrogens (tertiary/aromatic N) is 1. The summed E-state index contributed by atoms with van der Waals surface area (Å²) in [5, 5.41) is 9.04. The van der Waals surface area contributed by atoms with Crippen LogP contribution in [-0.4, -0.2) is 28.8 Å². The molecule has 5 heteroatoms. The van der Waals surface area contributed by atoms with E-state index in [-0.39, 0.29) is 12.2 Å². The van der Waals surface area contributed by atoms with Gasteiger partial charge in [-0.3, -0.25) is 4.79 Å². The topological polar surface area (TPSA) is 75.2 Å². The lowest BCUT2D eigenvalue weighted by molar-refractivity contribution is -0.0732. The van der Waals surface area contributed by atoms with E-state index in [9.17, 15) is 4.79 Å². The minimum Gasteiger partial charge on any atom is -0.396 e. The Morgan fingerprint density at radius 2 is 1.90 bits per heavy atom. The van der Waals surface area contributed by atoms with Gasteiger partial charge in [0.25, 0.3) is 5.56 Å². The van der Waals surface area contributed by atoms with E-state index < -0.39 is 5.60 Å². The van der Waals surface area contributed by atoms with Crippen molar-refractivity contribution in [3.8, 4) is 0 Å². The third kappa shape index (κ3) is 3.19. The Bertz CT molecular complexity index is 553. The standard InChI is InChI=1S/C16H26N2O3/c1-11-12(5-10-19)13(20)18-14(17-11)16(21-4)8-6-15(2,3)7-9-16/h19H,5-10H2,1-4H3,(H,17,18,20). The van der Waals surface area contributed by atoms with Crippen LogP contribution in [0.5, 0.6) is 0 Å². The summed E-state index contributed by atoms with van der Waals surface area (Å²) >= 11 is 0. The van der Waals surface area contributed by atoms with Crippen LogP contribution in [0.25, 0.3) is 0 Å². The Hall–Kier alpha value is -1.20. The van der Waals surface area contributed by atoms with Gasteiger partial charge in [0.15, 0.2) is 0 Å². The zero-order valence-electron chi connectivity index (χ0n) is 13.5. The van der Waals surface area contributed by atoms with E-state index in [1.165, 1.54) is 0 Å². The van der Waals surface area contributed by atoms with Crippen LogP contribution in [0.2, 0.25) is 0 Å². The Balaban J connectivity index is 2.38. The first-order valence-electron chi connectivity index (χ1n) is 7.60. The third-order valence-corrected chi connectivity index (χ3v) is 4.82. The van der Waals surface area contributed by atoms with E-state index in [0.717, 1.165) is 25.7 Å². The zero-order chi connectivity index (χ0) is 15.7. The molecule has 0 saturated heterocycles. The van der Waals surface area contributed by atoms with Crippen LogP contribution < -0.4 is 5.56 Å². The third-order valence-electron chi connectivity index (χ3n) is 4.82. The molecule has 0 amide bonds. The molecule has 5 nitrogen and oxygen atoms in total. The predicted molar refractivity (Wildman–Crippen MR) is 81.3 cm³/mol. The van der Waals surface area contributed by atoms with Crippen molar-refractivity contribution in [2.24, 2.45) is 5.41 Å². The lowest BCUT2D eigenvalue weighted by Gasteiger charge is -2.41. The van der Waals surface area contributed by atoms with Crippen LogP contribution in [-0.2, 0) is 16.8 Å². The average molecular weight is 294 g/mol. The van der Waals surface area contributed by atoms with Gasteiger partial charge in [-0.15, -0.1) is 0 Å². The lowest BCUT2D eigenvalue weighted by atomic mass is 9.70. The molecule has 1 aromatic rings. The van der Waals surface area contributed by atoms with Gasteiger partial charge in [0, 0.05) is 31.4 Å².